The molecule has 130 valence electrons. The topological polar surface area (TPSA) is 71.9 Å². The number of allylic oxidation sites excluding steroid dienone is 1. The summed E-state index contributed by atoms with van der Waals surface area (Å²) in [6, 6.07) is 15.4. The lowest BCUT2D eigenvalue weighted by molar-refractivity contribution is -0.0498. The molecule has 0 amide bonds. The van der Waals surface area contributed by atoms with Gasteiger partial charge in [-0.25, -0.2) is 0 Å². The summed E-state index contributed by atoms with van der Waals surface area (Å²) in [5.41, 5.74) is 2.65. The largest absolute Gasteiger partial charge is 0.435 e. The Morgan fingerprint density at radius 1 is 1.15 bits per heavy atom. The molecule has 26 heavy (non-hydrogen) atoms. The average molecular weight is 353 g/mol. The van der Waals surface area contributed by atoms with Crippen LogP contribution in [0, 0.1) is 18.3 Å². The van der Waals surface area contributed by atoms with Gasteiger partial charge in [-0.05, 0) is 30.7 Å². The van der Waals surface area contributed by atoms with Crippen LogP contribution in [0.3, 0.4) is 0 Å². The van der Waals surface area contributed by atoms with Gasteiger partial charge in [0.15, 0.2) is 0 Å². The summed E-state index contributed by atoms with van der Waals surface area (Å²) >= 11 is 0. The van der Waals surface area contributed by atoms with Gasteiger partial charge < -0.3 is 9.26 Å². The number of rotatable bonds is 5. The number of nitrogens with zero attached hydrogens (tertiary/aromatic N) is 3. The van der Waals surface area contributed by atoms with Gasteiger partial charge in [-0.1, -0.05) is 47.1 Å². The van der Waals surface area contributed by atoms with Gasteiger partial charge in [-0.3, -0.25) is 0 Å². The van der Waals surface area contributed by atoms with E-state index in [2.05, 4.69) is 14.9 Å². The first-order valence-electron chi connectivity index (χ1n) is 7.63. The normalized spacial score (nSPS) is 11.4. The summed E-state index contributed by atoms with van der Waals surface area (Å²) in [5, 5.41) is 13.3. The minimum absolute atomic E-state index is 0.0371. The summed E-state index contributed by atoms with van der Waals surface area (Å²) in [5.74, 6) is 0.493. The number of aryl methyl sites for hydroxylation is 1. The Morgan fingerprint density at radius 3 is 2.46 bits per heavy atom. The van der Waals surface area contributed by atoms with Crippen molar-refractivity contribution in [1.29, 1.82) is 5.26 Å². The van der Waals surface area contributed by atoms with Crippen molar-refractivity contribution in [3.63, 3.8) is 0 Å². The van der Waals surface area contributed by atoms with Crippen LogP contribution in [0.15, 0.2) is 53.1 Å². The van der Waals surface area contributed by atoms with Crippen molar-refractivity contribution in [3.8, 4) is 23.2 Å². The third kappa shape index (κ3) is 4.11. The molecule has 0 aliphatic carbocycles. The van der Waals surface area contributed by atoms with Crippen LogP contribution in [0.4, 0.5) is 8.78 Å². The molecule has 1 heterocycles. The van der Waals surface area contributed by atoms with Crippen molar-refractivity contribution in [2.45, 2.75) is 13.5 Å². The molecular weight excluding hydrogens is 340 g/mol. The van der Waals surface area contributed by atoms with Gasteiger partial charge in [-0.2, -0.15) is 19.0 Å². The van der Waals surface area contributed by atoms with Gasteiger partial charge in [0.25, 0.3) is 5.89 Å². The molecule has 0 spiro atoms. The van der Waals surface area contributed by atoms with E-state index in [0.29, 0.717) is 11.4 Å². The van der Waals surface area contributed by atoms with E-state index >= 15 is 0 Å². The Balaban J connectivity index is 1.84. The maximum atomic E-state index is 12.2. The van der Waals surface area contributed by atoms with Crippen molar-refractivity contribution >= 4 is 11.6 Å². The standard InChI is InChI=1S/C19H13F2N3O2/c1-12-2-6-14(7-3-12)17-23-18(26-24-17)15(11-22)10-13-4-8-16(9-5-13)25-19(20)21/h2-10,19H,1H3/b15-10+. The molecule has 5 nitrogen and oxygen atoms in total. The zero-order chi connectivity index (χ0) is 18.5. The van der Waals surface area contributed by atoms with Crippen LogP contribution in [0.2, 0.25) is 0 Å². The molecule has 0 atom stereocenters. The Morgan fingerprint density at radius 2 is 1.85 bits per heavy atom. The number of hydrogen-bond donors (Lipinski definition) is 0. The quantitative estimate of drug-likeness (QED) is 0.621. The number of halogens is 2. The molecule has 0 aliphatic heterocycles. The number of hydrogen-bond acceptors (Lipinski definition) is 5. The van der Waals surface area contributed by atoms with Crippen LogP contribution in [0.1, 0.15) is 17.0 Å². The van der Waals surface area contributed by atoms with Crippen LogP contribution in [0.25, 0.3) is 23.0 Å². The van der Waals surface area contributed by atoms with Crippen molar-refractivity contribution in [3.05, 3.63) is 65.5 Å². The van der Waals surface area contributed by atoms with Gasteiger partial charge in [0, 0.05) is 5.56 Å². The van der Waals surface area contributed by atoms with E-state index < -0.39 is 6.61 Å². The van der Waals surface area contributed by atoms with E-state index in [1.165, 1.54) is 18.2 Å². The highest BCUT2D eigenvalue weighted by atomic mass is 19.3. The monoisotopic (exact) mass is 353 g/mol. The highest BCUT2D eigenvalue weighted by Gasteiger charge is 2.13. The molecule has 0 aliphatic rings. The molecule has 3 aromatic rings. The van der Waals surface area contributed by atoms with Crippen molar-refractivity contribution in [1.82, 2.24) is 10.1 Å². The highest BCUT2D eigenvalue weighted by Crippen LogP contribution is 2.22. The summed E-state index contributed by atoms with van der Waals surface area (Å²) in [4.78, 5) is 4.24. The number of benzene rings is 2. The minimum atomic E-state index is -2.88. The predicted octanol–water partition coefficient (Wildman–Crippen LogP) is 4.71. The second-order valence-corrected chi connectivity index (χ2v) is 5.41. The first-order valence-corrected chi connectivity index (χ1v) is 7.63. The van der Waals surface area contributed by atoms with Gasteiger partial charge in [0.05, 0.1) is 0 Å². The lowest BCUT2D eigenvalue weighted by Crippen LogP contribution is -2.01. The Hall–Kier alpha value is -3.53. The van der Waals surface area contributed by atoms with Gasteiger partial charge >= 0.3 is 6.61 Å². The fourth-order valence-corrected chi connectivity index (χ4v) is 2.21. The Kier molecular flexibility index (Phi) is 5.04. The van der Waals surface area contributed by atoms with Gasteiger partial charge in [0.1, 0.15) is 17.4 Å². The van der Waals surface area contributed by atoms with Crippen molar-refractivity contribution in [2.75, 3.05) is 0 Å². The second kappa shape index (κ2) is 7.57. The lowest BCUT2D eigenvalue weighted by Gasteiger charge is -2.03. The summed E-state index contributed by atoms with van der Waals surface area (Å²) in [6.07, 6.45) is 1.53. The summed E-state index contributed by atoms with van der Waals surface area (Å²) in [6.45, 7) is -0.913. The number of nitriles is 1. The zero-order valence-corrected chi connectivity index (χ0v) is 13.7. The van der Waals surface area contributed by atoms with E-state index in [1.54, 1.807) is 12.1 Å². The molecule has 1 aromatic heterocycles. The van der Waals surface area contributed by atoms with Crippen LogP contribution in [0.5, 0.6) is 5.75 Å². The molecule has 7 heteroatoms. The Bertz CT molecular complexity index is 956. The molecule has 0 saturated heterocycles. The molecule has 0 radical (unpaired) electrons. The van der Waals surface area contributed by atoms with E-state index in [9.17, 15) is 14.0 Å². The van der Waals surface area contributed by atoms with Crippen LogP contribution in [-0.2, 0) is 0 Å². The second-order valence-electron chi connectivity index (χ2n) is 5.41. The minimum Gasteiger partial charge on any atom is -0.435 e. The van der Waals surface area contributed by atoms with Crippen molar-refractivity contribution in [2.24, 2.45) is 0 Å². The van der Waals surface area contributed by atoms with Gasteiger partial charge in [0.2, 0.25) is 5.82 Å². The maximum absolute atomic E-state index is 12.2. The molecule has 0 unspecified atom stereocenters. The molecular formula is C19H13F2N3O2. The first kappa shape index (κ1) is 17.3. The van der Waals surface area contributed by atoms with Crippen LogP contribution < -0.4 is 4.74 Å². The fourth-order valence-electron chi connectivity index (χ4n) is 2.21. The third-order valence-corrected chi connectivity index (χ3v) is 3.50. The third-order valence-electron chi connectivity index (χ3n) is 3.50. The van der Waals surface area contributed by atoms with E-state index in [1.807, 2.05) is 37.3 Å². The van der Waals surface area contributed by atoms with Crippen LogP contribution in [-0.4, -0.2) is 16.8 Å². The van der Waals surface area contributed by atoms with E-state index in [4.69, 9.17) is 4.52 Å². The van der Waals surface area contributed by atoms with E-state index in [-0.39, 0.29) is 17.2 Å². The molecule has 0 N–H and O–H groups in total. The highest BCUT2D eigenvalue weighted by molar-refractivity contribution is 5.86. The lowest BCUT2D eigenvalue weighted by atomic mass is 10.1. The predicted molar refractivity (Wildman–Crippen MR) is 91.0 cm³/mol. The first-order chi connectivity index (χ1) is 12.5. The number of aromatic nitrogens is 2. The SMILES string of the molecule is Cc1ccc(-c2noc(/C(C#N)=C/c3ccc(OC(F)F)cc3)n2)cc1. The summed E-state index contributed by atoms with van der Waals surface area (Å²) in [7, 11) is 0. The van der Waals surface area contributed by atoms with E-state index in [0.717, 1.165) is 11.1 Å². The molecule has 0 saturated carbocycles. The van der Waals surface area contributed by atoms with Crippen LogP contribution >= 0.6 is 0 Å². The molecule has 2 aromatic carbocycles. The van der Waals surface area contributed by atoms with Crippen molar-refractivity contribution < 1.29 is 18.0 Å². The summed E-state index contributed by atoms with van der Waals surface area (Å²) < 4.78 is 33.8. The maximum Gasteiger partial charge on any atom is 0.387 e. The molecule has 3 rings (SSSR count). The average Bonchev–Trinajstić information content (AvgIpc) is 3.11. The smallest absolute Gasteiger partial charge is 0.387 e. The Labute approximate surface area is 148 Å². The molecule has 0 bridgehead atoms. The zero-order valence-electron chi connectivity index (χ0n) is 13.7. The molecule has 0 fully saturated rings. The van der Waals surface area contributed by atoms with Gasteiger partial charge in [-0.15, -0.1) is 0 Å². The number of ether oxygens (including phenoxy) is 1. The number of alkyl halides is 2. The fraction of sp³-hybridized carbons (Fsp3) is 0.105.